The van der Waals surface area contributed by atoms with Gasteiger partial charge in [0, 0.05) is 12.5 Å². The normalized spacial score (nSPS) is 25.8. The fourth-order valence-electron chi connectivity index (χ4n) is 2.10. The summed E-state index contributed by atoms with van der Waals surface area (Å²) in [5, 5.41) is 12.3. The van der Waals surface area contributed by atoms with Crippen LogP contribution in [0, 0.1) is 18.3 Å². The Balaban J connectivity index is 2.19. The molecule has 0 aromatic rings. The van der Waals surface area contributed by atoms with Crippen molar-refractivity contribution in [2.24, 2.45) is 5.92 Å². The third-order valence-electron chi connectivity index (χ3n) is 2.95. The van der Waals surface area contributed by atoms with Crippen LogP contribution in [-0.2, 0) is 4.79 Å². The van der Waals surface area contributed by atoms with Gasteiger partial charge in [0.1, 0.15) is 0 Å². The van der Waals surface area contributed by atoms with Crippen LogP contribution in [0.15, 0.2) is 0 Å². The minimum atomic E-state index is -0.648. The molecule has 0 aliphatic heterocycles. The Hall–Kier alpha value is -1.01. The Labute approximate surface area is 91.3 Å². The van der Waals surface area contributed by atoms with Gasteiger partial charge in [-0.15, -0.1) is 12.3 Å². The molecule has 0 spiro atoms. The average molecular weight is 209 g/mol. The van der Waals surface area contributed by atoms with Gasteiger partial charge in [0.15, 0.2) is 0 Å². The van der Waals surface area contributed by atoms with Gasteiger partial charge in [-0.3, -0.25) is 4.79 Å². The summed E-state index contributed by atoms with van der Waals surface area (Å²) in [6.45, 7) is 0.904. The SMILES string of the molecule is C#CCCCNC1CCCC(C(=O)O)C1. The fraction of sp³-hybridized carbons (Fsp3) is 0.750. The summed E-state index contributed by atoms with van der Waals surface area (Å²) in [6.07, 6.45) is 10.6. The van der Waals surface area contributed by atoms with E-state index in [0.717, 1.165) is 45.1 Å². The molecule has 2 atom stereocenters. The summed E-state index contributed by atoms with van der Waals surface area (Å²) in [6, 6.07) is 0.373. The van der Waals surface area contributed by atoms with Gasteiger partial charge < -0.3 is 10.4 Å². The first-order valence-electron chi connectivity index (χ1n) is 5.63. The van der Waals surface area contributed by atoms with Crippen LogP contribution in [-0.4, -0.2) is 23.7 Å². The molecule has 0 heterocycles. The highest BCUT2D eigenvalue weighted by Crippen LogP contribution is 2.24. The molecule has 3 nitrogen and oxygen atoms in total. The molecule has 0 aromatic carbocycles. The smallest absolute Gasteiger partial charge is 0.306 e. The van der Waals surface area contributed by atoms with Crippen molar-refractivity contribution in [3.63, 3.8) is 0 Å². The van der Waals surface area contributed by atoms with Crippen LogP contribution in [0.25, 0.3) is 0 Å². The topological polar surface area (TPSA) is 49.3 Å². The molecule has 15 heavy (non-hydrogen) atoms. The van der Waals surface area contributed by atoms with E-state index in [1.807, 2.05) is 0 Å². The molecular weight excluding hydrogens is 190 g/mol. The Morgan fingerprint density at radius 3 is 3.00 bits per heavy atom. The molecule has 1 aliphatic rings. The van der Waals surface area contributed by atoms with Crippen molar-refractivity contribution in [2.75, 3.05) is 6.54 Å². The monoisotopic (exact) mass is 209 g/mol. The maximum absolute atomic E-state index is 10.8. The molecular formula is C12H19NO2. The number of hydrogen-bond donors (Lipinski definition) is 2. The van der Waals surface area contributed by atoms with E-state index >= 15 is 0 Å². The van der Waals surface area contributed by atoms with E-state index in [9.17, 15) is 4.79 Å². The lowest BCUT2D eigenvalue weighted by Gasteiger charge is -2.27. The highest BCUT2D eigenvalue weighted by Gasteiger charge is 2.26. The molecule has 0 radical (unpaired) electrons. The highest BCUT2D eigenvalue weighted by molar-refractivity contribution is 5.70. The summed E-state index contributed by atoms with van der Waals surface area (Å²) in [5.74, 6) is 1.80. The van der Waals surface area contributed by atoms with E-state index in [-0.39, 0.29) is 5.92 Å². The lowest BCUT2D eigenvalue weighted by atomic mass is 9.86. The Morgan fingerprint density at radius 2 is 2.33 bits per heavy atom. The van der Waals surface area contributed by atoms with Gasteiger partial charge >= 0.3 is 5.97 Å². The number of rotatable bonds is 5. The average Bonchev–Trinajstić information content (AvgIpc) is 2.25. The van der Waals surface area contributed by atoms with Gasteiger partial charge in [0.05, 0.1) is 5.92 Å². The number of carboxylic acid groups (broad SMARTS) is 1. The molecule has 84 valence electrons. The third-order valence-corrected chi connectivity index (χ3v) is 2.95. The summed E-state index contributed by atoms with van der Waals surface area (Å²) in [5.41, 5.74) is 0. The number of carboxylic acids is 1. The van der Waals surface area contributed by atoms with Crippen molar-refractivity contribution >= 4 is 5.97 Å². The summed E-state index contributed by atoms with van der Waals surface area (Å²) < 4.78 is 0. The number of carbonyl (C=O) groups is 1. The first-order chi connectivity index (χ1) is 7.24. The van der Waals surface area contributed by atoms with Crippen LogP contribution in [0.5, 0.6) is 0 Å². The van der Waals surface area contributed by atoms with E-state index in [0.29, 0.717) is 6.04 Å². The highest BCUT2D eigenvalue weighted by atomic mass is 16.4. The molecule has 0 aromatic heterocycles. The third kappa shape index (κ3) is 4.35. The zero-order valence-corrected chi connectivity index (χ0v) is 9.04. The molecule has 1 aliphatic carbocycles. The van der Waals surface area contributed by atoms with E-state index < -0.39 is 5.97 Å². The van der Waals surface area contributed by atoms with Crippen LogP contribution >= 0.6 is 0 Å². The molecule has 1 fully saturated rings. The maximum atomic E-state index is 10.8. The van der Waals surface area contributed by atoms with Crippen LogP contribution in [0.4, 0.5) is 0 Å². The van der Waals surface area contributed by atoms with Crippen molar-refractivity contribution in [1.82, 2.24) is 5.32 Å². The molecule has 2 N–H and O–H groups in total. The first kappa shape index (κ1) is 12.1. The van der Waals surface area contributed by atoms with Gasteiger partial charge in [-0.25, -0.2) is 0 Å². The van der Waals surface area contributed by atoms with E-state index in [1.165, 1.54) is 0 Å². The lowest BCUT2D eigenvalue weighted by Crippen LogP contribution is -2.36. The van der Waals surface area contributed by atoms with Gasteiger partial charge in [-0.2, -0.15) is 0 Å². The van der Waals surface area contributed by atoms with E-state index in [2.05, 4.69) is 11.2 Å². The predicted octanol–water partition coefficient (Wildman–Crippen LogP) is 1.63. The second-order valence-electron chi connectivity index (χ2n) is 4.16. The van der Waals surface area contributed by atoms with E-state index in [1.54, 1.807) is 0 Å². The first-order valence-corrected chi connectivity index (χ1v) is 5.63. The number of unbranched alkanes of at least 4 members (excludes halogenated alkanes) is 1. The second kappa shape index (κ2) is 6.47. The largest absolute Gasteiger partial charge is 0.481 e. The van der Waals surface area contributed by atoms with Crippen molar-refractivity contribution in [2.45, 2.75) is 44.6 Å². The molecule has 1 saturated carbocycles. The molecule has 0 amide bonds. The van der Waals surface area contributed by atoms with E-state index in [4.69, 9.17) is 11.5 Å². The molecule has 2 unspecified atom stereocenters. The summed E-state index contributed by atoms with van der Waals surface area (Å²) in [7, 11) is 0. The summed E-state index contributed by atoms with van der Waals surface area (Å²) in [4.78, 5) is 10.8. The lowest BCUT2D eigenvalue weighted by molar-refractivity contribution is -0.143. The molecule has 0 saturated heterocycles. The zero-order valence-electron chi connectivity index (χ0n) is 9.04. The molecule has 1 rings (SSSR count). The quantitative estimate of drug-likeness (QED) is 0.534. The van der Waals surface area contributed by atoms with Gasteiger partial charge in [0.25, 0.3) is 0 Å². The van der Waals surface area contributed by atoms with Gasteiger partial charge in [-0.05, 0) is 32.2 Å². The number of terminal acetylenes is 1. The van der Waals surface area contributed by atoms with Crippen LogP contribution in [0.1, 0.15) is 38.5 Å². The Kier molecular flexibility index (Phi) is 5.20. The van der Waals surface area contributed by atoms with Gasteiger partial charge in [0.2, 0.25) is 0 Å². The zero-order chi connectivity index (χ0) is 11.1. The fourth-order valence-corrected chi connectivity index (χ4v) is 2.10. The second-order valence-corrected chi connectivity index (χ2v) is 4.16. The van der Waals surface area contributed by atoms with Gasteiger partial charge in [-0.1, -0.05) is 6.42 Å². The minimum Gasteiger partial charge on any atom is -0.481 e. The van der Waals surface area contributed by atoms with Crippen LogP contribution < -0.4 is 5.32 Å². The number of aliphatic carboxylic acids is 1. The molecule has 0 bridgehead atoms. The Morgan fingerprint density at radius 1 is 1.53 bits per heavy atom. The van der Waals surface area contributed by atoms with Crippen molar-refractivity contribution in [3.8, 4) is 12.3 Å². The number of nitrogens with one attached hydrogen (secondary N) is 1. The minimum absolute atomic E-state index is 0.149. The van der Waals surface area contributed by atoms with Crippen molar-refractivity contribution in [3.05, 3.63) is 0 Å². The standard InChI is InChI=1S/C12H19NO2/c1-2-3-4-8-13-11-7-5-6-10(9-11)12(14)15/h1,10-11,13H,3-9H2,(H,14,15). The Bertz CT molecular complexity index is 244. The summed E-state index contributed by atoms with van der Waals surface area (Å²) >= 11 is 0. The number of hydrogen-bond acceptors (Lipinski definition) is 2. The van der Waals surface area contributed by atoms with Crippen molar-refractivity contribution in [1.29, 1.82) is 0 Å². The van der Waals surface area contributed by atoms with Crippen LogP contribution in [0.2, 0.25) is 0 Å². The van der Waals surface area contributed by atoms with Crippen LogP contribution in [0.3, 0.4) is 0 Å². The predicted molar refractivity (Wildman–Crippen MR) is 59.5 cm³/mol. The molecule has 3 heteroatoms. The van der Waals surface area contributed by atoms with Crippen molar-refractivity contribution < 1.29 is 9.90 Å². The maximum Gasteiger partial charge on any atom is 0.306 e.